The lowest BCUT2D eigenvalue weighted by molar-refractivity contribution is 0.0693. The number of carboxylic acids is 1. The Balaban J connectivity index is 2.05. The number of hydrogen-bond acceptors (Lipinski definition) is 4. The second-order valence-corrected chi connectivity index (χ2v) is 8.55. The number of hydrogen-bond donors (Lipinski definition) is 1. The summed E-state index contributed by atoms with van der Waals surface area (Å²) in [7, 11) is 0. The zero-order valence-electron chi connectivity index (χ0n) is 14.4. The van der Waals surface area contributed by atoms with Crippen molar-refractivity contribution in [2.45, 2.75) is 30.4 Å². The highest BCUT2D eigenvalue weighted by molar-refractivity contribution is 7.99. The molecule has 132 valence electrons. The first-order valence-electron chi connectivity index (χ1n) is 8.26. The van der Waals surface area contributed by atoms with Gasteiger partial charge in [-0.25, -0.2) is 4.79 Å². The summed E-state index contributed by atoms with van der Waals surface area (Å²) in [5.74, 6) is -1.16. The molecule has 1 atom stereocenters. The molecule has 0 aliphatic carbocycles. The fourth-order valence-electron chi connectivity index (χ4n) is 3.52. The van der Waals surface area contributed by atoms with Gasteiger partial charge in [-0.05, 0) is 43.0 Å². The molecule has 0 unspecified atom stereocenters. The van der Waals surface area contributed by atoms with Gasteiger partial charge >= 0.3 is 5.97 Å². The van der Waals surface area contributed by atoms with E-state index in [1.807, 2.05) is 29.7 Å². The maximum Gasteiger partial charge on any atom is 0.341 e. The summed E-state index contributed by atoms with van der Waals surface area (Å²) in [4.78, 5) is 26.6. The lowest BCUT2D eigenvalue weighted by atomic mass is 10.0. The van der Waals surface area contributed by atoms with E-state index in [0.717, 1.165) is 16.3 Å². The van der Waals surface area contributed by atoms with Crippen molar-refractivity contribution < 1.29 is 9.90 Å². The lowest BCUT2D eigenvalue weighted by Crippen LogP contribution is -2.24. The minimum atomic E-state index is -1.16. The minimum absolute atomic E-state index is 0.0733. The SMILES string of the molecule is Cc1ccsc1[C@H]1Cc2c(C(=O)O)c(=O)cc(C)n2-c2ccccc2S1. The van der Waals surface area contributed by atoms with Crippen LogP contribution in [0.4, 0.5) is 0 Å². The van der Waals surface area contributed by atoms with E-state index >= 15 is 0 Å². The number of thioether (sulfide) groups is 1. The van der Waals surface area contributed by atoms with Gasteiger partial charge in [0.2, 0.25) is 0 Å². The number of thiophene rings is 1. The van der Waals surface area contributed by atoms with Gasteiger partial charge in [-0.3, -0.25) is 4.79 Å². The summed E-state index contributed by atoms with van der Waals surface area (Å²) in [6.45, 7) is 3.93. The number of carbonyl (C=O) groups is 1. The summed E-state index contributed by atoms with van der Waals surface area (Å²) in [6.07, 6.45) is 0.499. The normalized spacial score (nSPS) is 15.8. The van der Waals surface area contributed by atoms with E-state index in [0.29, 0.717) is 12.1 Å². The molecule has 2 aromatic heterocycles. The molecule has 3 aromatic rings. The predicted molar refractivity (Wildman–Crippen MR) is 105 cm³/mol. The molecule has 0 spiro atoms. The van der Waals surface area contributed by atoms with Crippen LogP contribution in [-0.2, 0) is 6.42 Å². The summed E-state index contributed by atoms with van der Waals surface area (Å²) < 4.78 is 1.94. The Bertz CT molecular complexity index is 1080. The molecule has 4 rings (SSSR count). The largest absolute Gasteiger partial charge is 0.477 e. The zero-order valence-corrected chi connectivity index (χ0v) is 16.0. The van der Waals surface area contributed by atoms with Crippen LogP contribution >= 0.6 is 23.1 Å². The van der Waals surface area contributed by atoms with Crippen molar-refractivity contribution in [3.05, 3.63) is 79.4 Å². The summed E-state index contributed by atoms with van der Waals surface area (Å²) in [6, 6.07) is 11.5. The van der Waals surface area contributed by atoms with Crippen molar-refractivity contribution in [1.82, 2.24) is 4.57 Å². The first kappa shape index (κ1) is 17.1. The molecule has 0 saturated carbocycles. The van der Waals surface area contributed by atoms with Crippen LogP contribution in [0.25, 0.3) is 5.69 Å². The second-order valence-electron chi connectivity index (χ2n) is 6.36. The van der Waals surface area contributed by atoms with Crippen LogP contribution in [0.2, 0.25) is 0 Å². The predicted octanol–water partition coefficient (Wildman–Crippen LogP) is 4.60. The summed E-state index contributed by atoms with van der Waals surface area (Å²) in [5, 5.41) is 11.8. The van der Waals surface area contributed by atoms with Crippen molar-refractivity contribution in [3.8, 4) is 5.69 Å². The molecule has 0 radical (unpaired) electrons. The fraction of sp³-hybridized carbons (Fsp3) is 0.200. The van der Waals surface area contributed by atoms with E-state index in [1.54, 1.807) is 23.1 Å². The third kappa shape index (κ3) is 2.70. The second kappa shape index (κ2) is 6.45. The van der Waals surface area contributed by atoms with Gasteiger partial charge in [-0.15, -0.1) is 23.1 Å². The van der Waals surface area contributed by atoms with E-state index in [1.165, 1.54) is 16.5 Å². The number of rotatable bonds is 2. The van der Waals surface area contributed by atoms with Crippen LogP contribution in [-0.4, -0.2) is 15.6 Å². The van der Waals surface area contributed by atoms with E-state index in [2.05, 4.69) is 24.4 Å². The standard InChI is InChI=1S/C20H17NO3S2/c1-11-7-8-25-19(11)17-10-14-18(20(23)24)15(22)9-12(2)21(14)13-5-3-4-6-16(13)26-17/h3-9,17H,10H2,1-2H3,(H,23,24)/t17-/m1/s1. The topological polar surface area (TPSA) is 59.3 Å². The Labute approximate surface area is 159 Å². The van der Waals surface area contributed by atoms with Crippen molar-refractivity contribution in [2.24, 2.45) is 0 Å². The molecule has 1 aliphatic heterocycles. The zero-order chi connectivity index (χ0) is 18.4. The van der Waals surface area contributed by atoms with Crippen molar-refractivity contribution in [2.75, 3.05) is 0 Å². The van der Waals surface area contributed by atoms with E-state index in [9.17, 15) is 14.7 Å². The molecule has 0 amide bonds. The molecule has 1 aromatic carbocycles. The van der Waals surface area contributed by atoms with Gasteiger partial charge in [0, 0.05) is 38.9 Å². The highest BCUT2D eigenvalue weighted by atomic mass is 32.2. The number of aryl methyl sites for hydroxylation is 2. The first-order chi connectivity index (χ1) is 12.5. The van der Waals surface area contributed by atoms with Gasteiger partial charge in [0.05, 0.1) is 5.69 Å². The van der Waals surface area contributed by atoms with E-state index in [4.69, 9.17) is 0 Å². The van der Waals surface area contributed by atoms with Gasteiger partial charge in [0.1, 0.15) is 5.56 Å². The van der Waals surface area contributed by atoms with Crippen LogP contribution in [0.3, 0.4) is 0 Å². The molecule has 0 bridgehead atoms. The van der Waals surface area contributed by atoms with Gasteiger partial charge < -0.3 is 9.67 Å². The monoisotopic (exact) mass is 383 g/mol. The Morgan fingerprint density at radius 1 is 1.23 bits per heavy atom. The average molecular weight is 383 g/mol. The number of para-hydroxylation sites is 1. The quantitative estimate of drug-likeness (QED) is 0.702. The van der Waals surface area contributed by atoms with Gasteiger partial charge in [0.25, 0.3) is 0 Å². The number of benzene rings is 1. The van der Waals surface area contributed by atoms with Gasteiger partial charge in [-0.2, -0.15) is 0 Å². The minimum Gasteiger partial charge on any atom is -0.477 e. The first-order valence-corrected chi connectivity index (χ1v) is 10.0. The maximum absolute atomic E-state index is 12.4. The number of nitrogens with zero attached hydrogens (tertiary/aromatic N) is 1. The Morgan fingerprint density at radius 2 is 2.00 bits per heavy atom. The highest BCUT2D eigenvalue weighted by Crippen LogP contribution is 2.46. The molecule has 1 aliphatic rings. The number of fused-ring (bicyclic) bond motifs is 3. The molecule has 26 heavy (non-hydrogen) atoms. The van der Waals surface area contributed by atoms with Crippen LogP contribution in [0.5, 0.6) is 0 Å². The third-order valence-electron chi connectivity index (χ3n) is 4.66. The third-order valence-corrected chi connectivity index (χ3v) is 7.23. The molecule has 0 fully saturated rings. The Kier molecular flexibility index (Phi) is 4.25. The number of carboxylic acid groups (broad SMARTS) is 1. The summed E-state index contributed by atoms with van der Waals surface area (Å²) in [5.41, 5.74) is 2.93. The lowest BCUT2D eigenvalue weighted by Gasteiger charge is -2.18. The van der Waals surface area contributed by atoms with Gasteiger partial charge in [-0.1, -0.05) is 12.1 Å². The Morgan fingerprint density at radius 3 is 2.69 bits per heavy atom. The molecule has 3 heterocycles. The van der Waals surface area contributed by atoms with E-state index in [-0.39, 0.29) is 10.8 Å². The van der Waals surface area contributed by atoms with Crippen LogP contribution in [0.15, 0.2) is 51.5 Å². The average Bonchev–Trinajstić information content (AvgIpc) is 2.92. The van der Waals surface area contributed by atoms with Crippen molar-refractivity contribution >= 4 is 29.1 Å². The smallest absolute Gasteiger partial charge is 0.341 e. The molecule has 6 heteroatoms. The van der Waals surface area contributed by atoms with E-state index < -0.39 is 11.4 Å². The van der Waals surface area contributed by atoms with Crippen LogP contribution < -0.4 is 5.43 Å². The molecular formula is C20H17NO3S2. The molecular weight excluding hydrogens is 366 g/mol. The van der Waals surface area contributed by atoms with Crippen LogP contribution in [0, 0.1) is 13.8 Å². The van der Waals surface area contributed by atoms with Crippen molar-refractivity contribution in [1.29, 1.82) is 0 Å². The number of aromatic nitrogens is 1. The number of pyridine rings is 1. The highest BCUT2D eigenvalue weighted by Gasteiger charge is 2.29. The fourth-order valence-corrected chi connectivity index (χ4v) is 6.02. The molecule has 0 saturated heterocycles. The van der Waals surface area contributed by atoms with Gasteiger partial charge in [0.15, 0.2) is 5.43 Å². The van der Waals surface area contributed by atoms with Crippen LogP contribution in [0.1, 0.15) is 37.4 Å². The maximum atomic E-state index is 12.4. The molecule has 1 N–H and O–H groups in total. The Hall–Kier alpha value is -2.31. The van der Waals surface area contributed by atoms with Crippen molar-refractivity contribution in [3.63, 3.8) is 0 Å². The summed E-state index contributed by atoms with van der Waals surface area (Å²) >= 11 is 3.42. The molecule has 4 nitrogen and oxygen atoms in total. The number of aromatic carboxylic acids is 1.